The lowest BCUT2D eigenvalue weighted by Crippen LogP contribution is -2.36. The van der Waals surface area contributed by atoms with Crippen molar-refractivity contribution >= 4 is 5.96 Å². The van der Waals surface area contributed by atoms with E-state index in [1.807, 2.05) is 6.07 Å². The molecule has 148 valence electrons. The Balaban J connectivity index is 1.92. The summed E-state index contributed by atoms with van der Waals surface area (Å²) in [5, 5.41) is 10.8. The van der Waals surface area contributed by atoms with Gasteiger partial charge in [0.1, 0.15) is 0 Å². The van der Waals surface area contributed by atoms with Crippen molar-refractivity contribution in [1.82, 2.24) is 20.7 Å². The summed E-state index contributed by atoms with van der Waals surface area (Å²) in [5.74, 6) is 1.92. The first kappa shape index (κ1) is 21.0. The molecule has 0 aliphatic rings. The van der Waals surface area contributed by atoms with Crippen molar-refractivity contribution < 1.29 is 4.52 Å². The number of benzene rings is 1. The van der Waals surface area contributed by atoms with Gasteiger partial charge in [-0.3, -0.25) is 9.89 Å². The summed E-state index contributed by atoms with van der Waals surface area (Å²) in [6.45, 7) is 13.0. The zero-order valence-corrected chi connectivity index (χ0v) is 17.2. The normalized spacial score (nSPS) is 12.0. The van der Waals surface area contributed by atoms with E-state index in [9.17, 15) is 0 Å². The largest absolute Gasteiger partial charge is 0.359 e. The lowest BCUT2D eigenvalue weighted by Gasteiger charge is -2.20. The van der Waals surface area contributed by atoms with Crippen LogP contribution in [0.2, 0.25) is 0 Å². The smallest absolute Gasteiger partial charge is 0.191 e. The SMILES string of the molecule is CCN(CC)Cc1ccccc1CNC(=NC)NCc1cc(C(C)C)no1. The predicted molar refractivity (Wildman–Crippen MR) is 111 cm³/mol. The van der Waals surface area contributed by atoms with Crippen LogP contribution in [0.25, 0.3) is 0 Å². The molecule has 0 spiro atoms. The molecule has 0 saturated heterocycles. The molecule has 0 aliphatic carbocycles. The Kier molecular flexibility index (Phi) is 8.33. The van der Waals surface area contributed by atoms with Crippen LogP contribution in [0.1, 0.15) is 56.2 Å². The summed E-state index contributed by atoms with van der Waals surface area (Å²) in [4.78, 5) is 6.72. The molecule has 0 aliphatic heterocycles. The van der Waals surface area contributed by atoms with Gasteiger partial charge in [-0.15, -0.1) is 0 Å². The summed E-state index contributed by atoms with van der Waals surface area (Å²) < 4.78 is 5.37. The van der Waals surface area contributed by atoms with Crippen molar-refractivity contribution in [1.29, 1.82) is 0 Å². The number of aliphatic imine (C=N–C) groups is 1. The Morgan fingerprint density at radius 2 is 1.78 bits per heavy atom. The molecule has 0 unspecified atom stereocenters. The van der Waals surface area contributed by atoms with Gasteiger partial charge in [0, 0.05) is 26.2 Å². The van der Waals surface area contributed by atoms with Gasteiger partial charge in [-0.05, 0) is 30.1 Å². The minimum absolute atomic E-state index is 0.363. The first-order chi connectivity index (χ1) is 13.1. The van der Waals surface area contributed by atoms with Crippen LogP contribution >= 0.6 is 0 Å². The molecule has 1 aromatic carbocycles. The zero-order chi connectivity index (χ0) is 19.6. The van der Waals surface area contributed by atoms with Crippen molar-refractivity contribution in [2.75, 3.05) is 20.1 Å². The number of nitrogens with one attached hydrogen (secondary N) is 2. The molecule has 2 N–H and O–H groups in total. The fraction of sp³-hybridized carbons (Fsp3) is 0.524. The lowest BCUT2D eigenvalue weighted by molar-refractivity contribution is 0.295. The van der Waals surface area contributed by atoms with E-state index < -0.39 is 0 Å². The molecule has 6 heteroatoms. The van der Waals surface area contributed by atoms with Crippen molar-refractivity contribution in [3.8, 4) is 0 Å². The summed E-state index contributed by atoms with van der Waals surface area (Å²) in [6, 6.07) is 10.6. The van der Waals surface area contributed by atoms with Crippen LogP contribution < -0.4 is 10.6 Å². The van der Waals surface area contributed by atoms with Gasteiger partial charge in [0.15, 0.2) is 11.7 Å². The number of hydrogen-bond donors (Lipinski definition) is 2. The van der Waals surface area contributed by atoms with Crippen molar-refractivity contribution in [3.05, 3.63) is 52.9 Å². The average molecular weight is 372 g/mol. The van der Waals surface area contributed by atoms with Gasteiger partial charge < -0.3 is 15.2 Å². The van der Waals surface area contributed by atoms with Crippen LogP contribution in [-0.4, -0.2) is 36.2 Å². The fourth-order valence-electron chi connectivity index (χ4n) is 2.83. The maximum Gasteiger partial charge on any atom is 0.191 e. The van der Waals surface area contributed by atoms with Gasteiger partial charge in [0.25, 0.3) is 0 Å². The van der Waals surface area contributed by atoms with Crippen LogP contribution in [0.5, 0.6) is 0 Å². The predicted octanol–water partition coefficient (Wildman–Crippen LogP) is 3.51. The molecule has 6 nitrogen and oxygen atoms in total. The highest BCUT2D eigenvalue weighted by molar-refractivity contribution is 5.79. The molecular weight excluding hydrogens is 338 g/mol. The average Bonchev–Trinajstić information content (AvgIpc) is 3.16. The third kappa shape index (κ3) is 6.40. The summed E-state index contributed by atoms with van der Waals surface area (Å²) in [6.07, 6.45) is 0. The first-order valence-corrected chi connectivity index (χ1v) is 9.76. The molecular formula is C21H33N5O. The van der Waals surface area contributed by atoms with Crippen molar-refractivity contribution in [3.63, 3.8) is 0 Å². The monoisotopic (exact) mass is 371 g/mol. The molecule has 2 rings (SSSR count). The maximum absolute atomic E-state index is 5.37. The Bertz CT molecular complexity index is 719. The molecule has 1 aromatic heterocycles. The van der Waals surface area contributed by atoms with Crippen molar-refractivity contribution in [2.24, 2.45) is 4.99 Å². The number of nitrogens with zero attached hydrogens (tertiary/aromatic N) is 3. The quantitative estimate of drug-likeness (QED) is 0.522. The highest BCUT2D eigenvalue weighted by Crippen LogP contribution is 2.14. The van der Waals surface area contributed by atoms with Gasteiger partial charge in [0.2, 0.25) is 0 Å². The van der Waals surface area contributed by atoms with Gasteiger partial charge in [0.05, 0.1) is 12.2 Å². The topological polar surface area (TPSA) is 65.7 Å². The third-order valence-electron chi connectivity index (χ3n) is 4.68. The molecule has 2 aromatic rings. The van der Waals surface area contributed by atoms with E-state index in [1.165, 1.54) is 11.1 Å². The van der Waals surface area contributed by atoms with Crippen LogP contribution in [0.3, 0.4) is 0 Å². The van der Waals surface area contributed by atoms with Gasteiger partial charge >= 0.3 is 0 Å². The van der Waals surface area contributed by atoms with E-state index in [-0.39, 0.29) is 0 Å². The highest BCUT2D eigenvalue weighted by Gasteiger charge is 2.09. The molecule has 0 radical (unpaired) electrons. The number of aromatic nitrogens is 1. The van der Waals surface area contributed by atoms with Gasteiger partial charge in [-0.1, -0.05) is 57.1 Å². The van der Waals surface area contributed by atoms with E-state index in [1.54, 1.807) is 7.05 Å². The Morgan fingerprint density at radius 1 is 1.11 bits per heavy atom. The van der Waals surface area contributed by atoms with Gasteiger partial charge in [-0.25, -0.2) is 0 Å². The lowest BCUT2D eigenvalue weighted by atomic mass is 10.1. The van der Waals surface area contributed by atoms with E-state index >= 15 is 0 Å². The molecule has 0 bridgehead atoms. The second-order valence-electron chi connectivity index (χ2n) is 6.88. The highest BCUT2D eigenvalue weighted by atomic mass is 16.5. The number of rotatable bonds is 9. The Labute approximate surface area is 163 Å². The molecule has 27 heavy (non-hydrogen) atoms. The first-order valence-electron chi connectivity index (χ1n) is 9.76. The molecule has 0 amide bonds. The molecule has 0 atom stereocenters. The Hall–Kier alpha value is -2.34. The van der Waals surface area contributed by atoms with E-state index in [0.717, 1.165) is 43.6 Å². The minimum atomic E-state index is 0.363. The van der Waals surface area contributed by atoms with Crippen LogP contribution in [0.4, 0.5) is 0 Å². The van der Waals surface area contributed by atoms with E-state index in [4.69, 9.17) is 4.52 Å². The van der Waals surface area contributed by atoms with Crippen LogP contribution in [0, 0.1) is 0 Å². The maximum atomic E-state index is 5.37. The van der Waals surface area contributed by atoms with Crippen LogP contribution in [0.15, 0.2) is 39.8 Å². The number of guanidine groups is 1. The van der Waals surface area contributed by atoms with Crippen molar-refractivity contribution in [2.45, 2.75) is 53.2 Å². The molecule has 0 saturated carbocycles. The minimum Gasteiger partial charge on any atom is -0.359 e. The van der Waals surface area contributed by atoms with Crippen LogP contribution in [-0.2, 0) is 19.6 Å². The van der Waals surface area contributed by atoms with E-state index in [0.29, 0.717) is 12.5 Å². The number of hydrogen-bond acceptors (Lipinski definition) is 4. The summed E-state index contributed by atoms with van der Waals surface area (Å²) in [5.41, 5.74) is 3.61. The second kappa shape index (κ2) is 10.7. The van der Waals surface area contributed by atoms with Gasteiger partial charge in [-0.2, -0.15) is 0 Å². The second-order valence-corrected chi connectivity index (χ2v) is 6.88. The van der Waals surface area contributed by atoms with E-state index in [2.05, 4.69) is 77.6 Å². The summed E-state index contributed by atoms with van der Waals surface area (Å²) >= 11 is 0. The third-order valence-corrected chi connectivity index (χ3v) is 4.68. The fourth-order valence-corrected chi connectivity index (χ4v) is 2.83. The zero-order valence-electron chi connectivity index (χ0n) is 17.2. The molecule has 1 heterocycles. The molecule has 0 fully saturated rings. The Morgan fingerprint density at radius 3 is 2.37 bits per heavy atom. The summed E-state index contributed by atoms with van der Waals surface area (Å²) in [7, 11) is 1.77. The standard InChI is InChI=1S/C21H33N5O/c1-6-26(7-2)15-18-11-9-8-10-17(18)13-23-21(22-5)24-14-19-12-20(16(3)4)25-27-19/h8-12,16H,6-7,13-15H2,1-5H3,(H2,22,23,24).